The molecule has 0 atom stereocenters. The summed E-state index contributed by atoms with van der Waals surface area (Å²) in [5, 5.41) is 2.52. The number of hydrogen-bond donors (Lipinski definition) is 2. The molecular formula is C13H9BrF3N3O. The lowest BCUT2D eigenvalue weighted by atomic mass is 10.2. The van der Waals surface area contributed by atoms with E-state index in [1.165, 1.54) is 0 Å². The number of amides is 1. The highest BCUT2D eigenvalue weighted by atomic mass is 79.9. The van der Waals surface area contributed by atoms with Gasteiger partial charge in [0.2, 0.25) is 0 Å². The second-order valence-corrected chi connectivity index (χ2v) is 4.97. The quantitative estimate of drug-likeness (QED) is 0.803. The number of carbonyl (C=O) groups excluding carboxylic acids is 1. The van der Waals surface area contributed by atoms with Gasteiger partial charge in [0.15, 0.2) is 0 Å². The molecule has 0 saturated carbocycles. The highest BCUT2D eigenvalue weighted by Gasteiger charge is 2.30. The molecular weight excluding hydrogens is 351 g/mol. The van der Waals surface area contributed by atoms with Crippen LogP contribution < -0.4 is 11.1 Å². The lowest BCUT2D eigenvalue weighted by Crippen LogP contribution is -2.15. The Kier molecular flexibility index (Phi) is 4.17. The van der Waals surface area contributed by atoms with Crippen LogP contribution in [0.4, 0.5) is 24.5 Å². The van der Waals surface area contributed by atoms with E-state index in [-0.39, 0.29) is 5.69 Å². The summed E-state index contributed by atoms with van der Waals surface area (Å²) in [4.78, 5) is 15.4. The van der Waals surface area contributed by atoms with Gasteiger partial charge in [-0.1, -0.05) is 0 Å². The highest BCUT2D eigenvalue weighted by Crippen LogP contribution is 2.28. The van der Waals surface area contributed by atoms with Crippen LogP contribution in [0.3, 0.4) is 0 Å². The number of benzene rings is 1. The average Bonchev–Trinajstić information content (AvgIpc) is 2.42. The van der Waals surface area contributed by atoms with Crippen molar-refractivity contribution < 1.29 is 18.0 Å². The van der Waals surface area contributed by atoms with Crippen LogP contribution in [-0.4, -0.2) is 10.9 Å². The second kappa shape index (κ2) is 5.72. The third kappa shape index (κ3) is 3.72. The Bertz CT molecular complexity index is 671. The molecule has 1 aromatic carbocycles. The number of nitrogen functional groups attached to an aromatic ring is 1. The summed E-state index contributed by atoms with van der Waals surface area (Å²) in [7, 11) is 0. The topological polar surface area (TPSA) is 68.0 Å². The van der Waals surface area contributed by atoms with Gasteiger partial charge in [0.1, 0.15) is 5.69 Å². The fourth-order valence-electron chi connectivity index (χ4n) is 1.50. The highest BCUT2D eigenvalue weighted by molar-refractivity contribution is 9.10. The minimum absolute atomic E-state index is 0.115. The molecule has 0 aliphatic rings. The van der Waals surface area contributed by atoms with Crippen molar-refractivity contribution in [1.29, 1.82) is 0 Å². The molecule has 1 amide bonds. The Balaban J connectivity index is 2.15. The maximum absolute atomic E-state index is 12.4. The number of nitrogens with two attached hydrogens (primary N) is 1. The van der Waals surface area contributed by atoms with Crippen LogP contribution in [0.1, 0.15) is 16.1 Å². The number of anilines is 2. The predicted molar refractivity (Wildman–Crippen MR) is 75.7 cm³/mol. The van der Waals surface area contributed by atoms with Gasteiger partial charge in [0.05, 0.1) is 5.56 Å². The minimum Gasteiger partial charge on any atom is -0.398 e. The summed E-state index contributed by atoms with van der Waals surface area (Å²) in [6.45, 7) is 0. The molecule has 8 heteroatoms. The molecule has 3 N–H and O–H groups in total. The van der Waals surface area contributed by atoms with Gasteiger partial charge >= 0.3 is 6.18 Å². The van der Waals surface area contributed by atoms with Crippen molar-refractivity contribution in [3.05, 3.63) is 52.3 Å². The fraction of sp³-hybridized carbons (Fsp3) is 0.0769. The molecule has 0 spiro atoms. The van der Waals surface area contributed by atoms with E-state index in [9.17, 15) is 18.0 Å². The van der Waals surface area contributed by atoms with E-state index in [4.69, 9.17) is 5.73 Å². The SMILES string of the molecule is Nc1ccc(NC(=O)c2ccc(C(F)(F)F)cn2)cc1Br. The third-order valence-corrected chi connectivity index (χ3v) is 3.27. The average molecular weight is 360 g/mol. The van der Waals surface area contributed by atoms with E-state index in [0.29, 0.717) is 22.0 Å². The lowest BCUT2D eigenvalue weighted by molar-refractivity contribution is -0.137. The van der Waals surface area contributed by atoms with E-state index in [0.717, 1.165) is 12.1 Å². The number of hydrogen-bond acceptors (Lipinski definition) is 3. The van der Waals surface area contributed by atoms with Crippen LogP contribution in [0.15, 0.2) is 41.0 Å². The molecule has 2 rings (SSSR count). The smallest absolute Gasteiger partial charge is 0.398 e. The summed E-state index contributed by atoms with van der Waals surface area (Å²) in [5.74, 6) is -0.611. The van der Waals surface area contributed by atoms with Gasteiger partial charge in [-0.05, 0) is 46.3 Å². The number of pyridine rings is 1. The van der Waals surface area contributed by atoms with Gasteiger partial charge in [-0.25, -0.2) is 0 Å². The van der Waals surface area contributed by atoms with Gasteiger partial charge in [-0.2, -0.15) is 13.2 Å². The summed E-state index contributed by atoms with van der Waals surface area (Å²) in [6.07, 6.45) is -3.86. The second-order valence-electron chi connectivity index (χ2n) is 4.12. The standard InChI is InChI=1S/C13H9BrF3N3O/c14-9-5-8(2-3-10(9)18)20-12(21)11-4-1-7(6-19-11)13(15,16)17/h1-6H,18H2,(H,20,21). The Morgan fingerprint density at radius 2 is 1.95 bits per heavy atom. The van der Waals surface area contributed by atoms with Crippen LogP contribution in [0.2, 0.25) is 0 Å². The Morgan fingerprint density at radius 1 is 1.24 bits per heavy atom. The molecule has 2 aromatic rings. The molecule has 1 aromatic heterocycles. The normalized spacial score (nSPS) is 11.2. The van der Waals surface area contributed by atoms with E-state index >= 15 is 0 Å². The van der Waals surface area contributed by atoms with Gasteiger partial charge < -0.3 is 11.1 Å². The number of halogens is 4. The van der Waals surface area contributed by atoms with Crippen molar-refractivity contribution in [2.75, 3.05) is 11.1 Å². The van der Waals surface area contributed by atoms with Crippen molar-refractivity contribution in [3.63, 3.8) is 0 Å². The minimum atomic E-state index is -4.48. The molecule has 0 unspecified atom stereocenters. The molecule has 0 saturated heterocycles. The Morgan fingerprint density at radius 3 is 2.48 bits per heavy atom. The zero-order chi connectivity index (χ0) is 15.6. The van der Waals surface area contributed by atoms with E-state index < -0.39 is 17.6 Å². The van der Waals surface area contributed by atoms with Crippen molar-refractivity contribution in [1.82, 2.24) is 4.98 Å². The molecule has 0 aliphatic heterocycles. The molecule has 0 aliphatic carbocycles. The molecule has 4 nitrogen and oxygen atoms in total. The first-order chi connectivity index (χ1) is 9.77. The first-order valence-corrected chi connectivity index (χ1v) is 6.46. The molecule has 110 valence electrons. The van der Waals surface area contributed by atoms with Crippen molar-refractivity contribution >= 4 is 33.2 Å². The van der Waals surface area contributed by atoms with Gasteiger partial charge in [-0.3, -0.25) is 9.78 Å². The summed E-state index contributed by atoms with van der Waals surface area (Å²) < 4.78 is 37.8. The number of aromatic nitrogens is 1. The maximum atomic E-state index is 12.4. The number of carbonyl (C=O) groups is 1. The molecule has 1 heterocycles. The lowest BCUT2D eigenvalue weighted by Gasteiger charge is -2.08. The van der Waals surface area contributed by atoms with E-state index in [1.807, 2.05) is 0 Å². The summed E-state index contributed by atoms with van der Waals surface area (Å²) in [5.41, 5.74) is 5.53. The molecule has 0 radical (unpaired) electrons. The van der Waals surface area contributed by atoms with Crippen LogP contribution in [0.25, 0.3) is 0 Å². The largest absolute Gasteiger partial charge is 0.417 e. The predicted octanol–water partition coefficient (Wildman–Crippen LogP) is 3.70. The number of rotatable bonds is 2. The Hall–Kier alpha value is -2.09. The van der Waals surface area contributed by atoms with Crippen LogP contribution in [-0.2, 0) is 6.18 Å². The molecule has 0 fully saturated rings. The van der Waals surface area contributed by atoms with Crippen LogP contribution in [0, 0.1) is 0 Å². The van der Waals surface area contributed by atoms with Gasteiger partial charge in [0.25, 0.3) is 5.91 Å². The molecule has 0 bridgehead atoms. The number of nitrogens with zero attached hydrogens (tertiary/aromatic N) is 1. The first-order valence-electron chi connectivity index (χ1n) is 5.67. The van der Waals surface area contributed by atoms with Crippen LogP contribution in [0.5, 0.6) is 0 Å². The zero-order valence-electron chi connectivity index (χ0n) is 10.4. The summed E-state index contributed by atoms with van der Waals surface area (Å²) in [6, 6.07) is 6.56. The van der Waals surface area contributed by atoms with Crippen molar-refractivity contribution in [2.45, 2.75) is 6.18 Å². The summed E-state index contributed by atoms with van der Waals surface area (Å²) >= 11 is 3.21. The first kappa shape index (κ1) is 15.3. The maximum Gasteiger partial charge on any atom is 0.417 e. The zero-order valence-corrected chi connectivity index (χ0v) is 12.0. The fourth-order valence-corrected chi connectivity index (χ4v) is 1.87. The monoisotopic (exact) mass is 359 g/mol. The van der Waals surface area contributed by atoms with Gasteiger partial charge in [-0.15, -0.1) is 0 Å². The Labute approximate surface area is 126 Å². The molecule has 21 heavy (non-hydrogen) atoms. The van der Waals surface area contributed by atoms with E-state index in [2.05, 4.69) is 26.2 Å². The van der Waals surface area contributed by atoms with Gasteiger partial charge in [0, 0.05) is 22.0 Å². The number of nitrogens with one attached hydrogen (secondary N) is 1. The third-order valence-electron chi connectivity index (χ3n) is 2.58. The number of alkyl halides is 3. The van der Waals surface area contributed by atoms with Crippen molar-refractivity contribution in [2.24, 2.45) is 0 Å². The van der Waals surface area contributed by atoms with E-state index in [1.54, 1.807) is 18.2 Å². The van der Waals surface area contributed by atoms with Crippen molar-refractivity contribution in [3.8, 4) is 0 Å². The van der Waals surface area contributed by atoms with Crippen LogP contribution >= 0.6 is 15.9 Å².